The van der Waals surface area contributed by atoms with E-state index < -0.39 is 0 Å². The molecule has 11 rings (SSSR count). The van der Waals surface area contributed by atoms with Crippen LogP contribution >= 0.6 is 11.8 Å². The fourth-order valence-electron chi connectivity index (χ4n) is 13.0. The van der Waals surface area contributed by atoms with E-state index in [2.05, 4.69) is 209 Å². The normalized spacial score (nSPS) is 24.6. The van der Waals surface area contributed by atoms with Gasteiger partial charge in [0.15, 0.2) is 0 Å². The van der Waals surface area contributed by atoms with Gasteiger partial charge in [-0.25, -0.2) is 0 Å². The Hall–Kier alpha value is -4.15. The minimum atomic E-state index is -0.0778. The van der Waals surface area contributed by atoms with E-state index in [0.29, 0.717) is 11.2 Å². The number of nitrogens with zero attached hydrogens (tertiary/aromatic N) is 2. The van der Waals surface area contributed by atoms with Crippen molar-refractivity contribution in [3.8, 4) is 11.1 Å². The summed E-state index contributed by atoms with van der Waals surface area (Å²) in [5.74, 6) is 0.405. The highest BCUT2D eigenvalue weighted by Gasteiger charge is 2.61. The Kier molecular flexibility index (Phi) is 8.37. The molecule has 0 amide bonds. The van der Waals surface area contributed by atoms with E-state index in [4.69, 9.17) is 0 Å². The lowest BCUT2D eigenvalue weighted by molar-refractivity contribution is 0.0881. The number of hydrogen-bond donors (Lipinski definition) is 0. The van der Waals surface area contributed by atoms with Crippen molar-refractivity contribution in [2.24, 2.45) is 16.7 Å². The minimum Gasteiger partial charge on any atom is -0.314 e. The fourth-order valence-corrected chi connectivity index (χ4v) is 15.0. The standard InChI is InChI=1S/C58H67BN2S/c1-34-30-44-48-45(31-34)61-43-25-21-37(54(5,6)7)33-40(43)58(14)29-28-55(8,9)39-22-23-41(49(61)46(39)58)59(48)52-50(47-51(62-52)57(12,13)27-26-56(47,10)11)60(44)42-24-20-36(53(2,3)4)32-38(42)35-18-16-15-17-19-35/h15-25,30-33,47,51H,26-29H2,1-14H3. The summed E-state index contributed by atoms with van der Waals surface area (Å²) in [6.07, 6.45) is 4.83. The molecule has 0 bridgehead atoms. The molecule has 2 nitrogen and oxygen atoms in total. The molecule has 5 aromatic carbocycles. The van der Waals surface area contributed by atoms with E-state index in [1.807, 2.05) is 0 Å². The summed E-state index contributed by atoms with van der Waals surface area (Å²) < 4.78 is 0. The van der Waals surface area contributed by atoms with Crippen molar-refractivity contribution >= 4 is 57.8 Å². The van der Waals surface area contributed by atoms with Crippen LogP contribution in [0.2, 0.25) is 0 Å². The Bertz CT molecular complexity index is 2770. The summed E-state index contributed by atoms with van der Waals surface area (Å²) in [7, 11) is 0. The second-order valence-electron chi connectivity index (χ2n) is 24.5. The van der Waals surface area contributed by atoms with Crippen molar-refractivity contribution in [1.82, 2.24) is 0 Å². The Labute approximate surface area is 378 Å². The lowest BCUT2D eigenvalue weighted by atomic mass is 9.35. The van der Waals surface area contributed by atoms with Crippen molar-refractivity contribution in [1.29, 1.82) is 0 Å². The molecular formula is C58H67BN2S. The zero-order valence-corrected chi connectivity index (χ0v) is 40.8. The highest BCUT2D eigenvalue weighted by molar-refractivity contribution is 8.06. The van der Waals surface area contributed by atoms with Crippen molar-refractivity contribution in [3.63, 3.8) is 0 Å². The molecule has 2 aliphatic carbocycles. The van der Waals surface area contributed by atoms with Gasteiger partial charge in [-0.3, -0.25) is 0 Å². The third kappa shape index (κ3) is 5.50. The van der Waals surface area contributed by atoms with Crippen LogP contribution in [0.4, 0.5) is 28.4 Å². The predicted molar refractivity (Wildman–Crippen MR) is 270 cm³/mol. The molecule has 0 saturated heterocycles. The molecule has 3 atom stereocenters. The van der Waals surface area contributed by atoms with Gasteiger partial charge in [0, 0.05) is 44.9 Å². The van der Waals surface area contributed by atoms with Crippen LogP contribution in [0.1, 0.15) is 149 Å². The smallest absolute Gasteiger partial charge is 0.259 e. The fraction of sp³-hybridized carbons (Fsp3) is 0.448. The van der Waals surface area contributed by atoms with Crippen LogP contribution in [0, 0.1) is 23.7 Å². The van der Waals surface area contributed by atoms with E-state index in [1.165, 1.54) is 92.0 Å². The molecule has 0 aromatic heterocycles. The van der Waals surface area contributed by atoms with Gasteiger partial charge in [0.2, 0.25) is 0 Å². The van der Waals surface area contributed by atoms with E-state index in [1.54, 1.807) is 21.6 Å². The molecule has 0 N–H and O–H groups in total. The van der Waals surface area contributed by atoms with Crippen LogP contribution < -0.4 is 20.7 Å². The highest BCUT2D eigenvalue weighted by Crippen LogP contribution is 2.67. The molecule has 1 fully saturated rings. The van der Waals surface area contributed by atoms with Crippen LogP contribution in [0.15, 0.2) is 101 Å². The van der Waals surface area contributed by atoms with Gasteiger partial charge >= 0.3 is 0 Å². The Morgan fingerprint density at radius 1 is 0.613 bits per heavy atom. The van der Waals surface area contributed by atoms with Crippen LogP contribution in [0.3, 0.4) is 0 Å². The van der Waals surface area contributed by atoms with Gasteiger partial charge in [-0.2, -0.15) is 0 Å². The van der Waals surface area contributed by atoms with Crippen LogP contribution in [0.25, 0.3) is 11.1 Å². The summed E-state index contributed by atoms with van der Waals surface area (Å²) >= 11 is 2.27. The number of hydrogen-bond acceptors (Lipinski definition) is 3. The molecule has 4 heterocycles. The molecule has 4 heteroatoms. The molecule has 5 aromatic rings. The van der Waals surface area contributed by atoms with Crippen molar-refractivity contribution in [3.05, 3.63) is 135 Å². The van der Waals surface area contributed by atoms with Crippen molar-refractivity contribution in [2.75, 3.05) is 9.80 Å². The highest BCUT2D eigenvalue weighted by atomic mass is 32.2. The Morgan fingerprint density at radius 3 is 1.92 bits per heavy atom. The Morgan fingerprint density at radius 2 is 1.24 bits per heavy atom. The van der Waals surface area contributed by atoms with Crippen LogP contribution in [-0.2, 0) is 21.7 Å². The maximum absolute atomic E-state index is 2.83. The zero-order valence-electron chi connectivity index (χ0n) is 40.0. The average Bonchev–Trinajstić information content (AvgIpc) is 3.63. The summed E-state index contributed by atoms with van der Waals surface area (Å²) in [6.45, 7) is 34.7. The maximum atomic E-state index is 2.83. The quantitative estimate of drug-likeness (QED) is 0.164. The largest absolute Gasteiger partial charge is 0.314 e. The molecule has 0 spiro atoms. The van der Waals surface area contributed by atoms with Gasteiger partial charge in [0.25, 0.3) is 6.71 Å². The molecule has 318 valence electrons. The zero-order chi connectivity index (χ0) is 43.8. The number of anilines is 5. The number of fused-ring (bicyclic) bond motifs is 8. The van der Waals surface area contributed by atoms with Crippen LogP contribution in [-0.4, -0.2) is 12.0 Å². The molecule has 3 unspecified atom stereocenters. The average molecular weight is 835 g/mol. The van der Waals surface area contributed by atoms with Gasteiger partial charge in [0.05, 0.1) is 11.4 Å². The molecule has 4 aliphatic heterocycles. The molecular weight excluding hydrogens is 768 g/mol. The monoisotopic (exact) mass is 835 g/mol. The summed E-state index contributed by atoms with van der Waals surface area (Å²) in [5, 5.41) is 0.486. The van der Waals surface area contributed by atoms with E-state index >= 15 is 0 Å². The minimum absolute atomic E-state index is 0.0199. The number of thioether (sulfide) groups is 1. The van der Waals surface area contributed by atoms with E-state index in [-0.39, 0.29) is 39.2 Å². The topological polar surface area (TPSA) is 6.48 Å². The second-order valence-corrected chi connectivity index (χ2v) is 25.7. The van der Waals surface area contributed by atoms with Crippen molar-refractivity contribution in [2.45, 2.75) is 150 Å². The number of aryl methyl sites for hydroxylation is 1. The van der Waals surface area contributed by atoms with Crippen LogP contribution in [0.5, 0.6) is 0 Å². The van der Waals surface area contributed by atoms with Gasteiger partial charge in [0.1, 0.15) is 0 Å². The number of allylic oxidation sites excluding steroid dienone is 1. The first-order valence-corrected chi connectivity index (χ1v) is 24.6. The van der Waals surface area contributed by atoms with E-state index in [9.17, 15) is 0 Å². The second kappa shape index (κ2) is 12.8. The Balaban J connectivity index is 1.28. The first kappa shape index (κ1) is 40.6. The molecule has 6 aliphatic rings. The maximum Gasteiger partial charge on any atom is 0.259 e. The van der Waals surface area contributed by atoms with E-state index in [0.717, 1.165) is 6.42 Å². The van der Waals surface area contributed by atoms with Gasteiger partial charge < -0.3 is 9.80 Å². The molecule has 1 saturated carbocycles. The lowest BCUT2D eigenvalue weighted by Gasteiger charge is -2.55. The third-order valence-corrected chi connectivity index (χ3v) is 18.7. The van der Waals surface area contributed by atoms with Gasteiger partial charge in [-0.15, -0.1) is 11.8 Å². The first-order valence-electron chi connectivity index (χ1n) is 23.7. The SMILES string of the molecule is Cc1cc2c3c(c1)N1c4ccc(C(C)(C)C)cc4C4(C)CCC(C)(C)c5ccc(c1c54)B3C1=C(C3C(S1)C(C)(C)CCC3(C)C)N2c1ccc(C(C)(C)C)cc1-c1ccccc1. The number of benzene rings is 5. The van der Waals surface area contributed by atoms with Gasteiger partial charge in [-0.05, 0) is 145 Å². The summed E-state index contributed by atoms with van der Waals surface area (Å²) in [5.41, 5.74) is 23.3. The van der Waals surface area contributed by atoms with Crippen molar-refractivity contribution < 1.29 is 0 Å². The number of rotatable bonds is 2. The summed E-state index contributed by atoms with van der Waals surface area (Å²) in [4.78, 5) is 7.20. The summed E-state index contributed by atoms with van der Waals surface area (Å²) in [6, 6.07) is 36.6. The molecule has 0 radical (unpaired) electrons. The van der Waals surface area contributed by atoms with Gasteiger partial charge in [-0.1, -0.05) is 151 Å². The third-order valence-electron chi connectivity index (χ3n) is 16.8. The molecule has 62 heavy (non-hydrogen) atoms. The first-order chi connectivity index (χ1) is 29.0. The predicted octanol–water partition coefficient (Wildman–Crippen LogP) is 14.8. The lowest BCUT2D eigenvalue weighted by Crippen LogP contribution is -2.58.